The summed E-state index contributed by atoms with van der Waals surface area (Å²) in [5.74, 6) is -5.08. The molecule has 3 amide bonds. The molecule has 0 radical (unpaired) electrons. The molecule has 0 spiro atoms. The highest BCUT2D eigenvalue weighted by Gasteiger charge is 2.49. The van der Waals surface area contributed by atoms with Crippen LogP contribution < -0.4 is 5.73 Å². The molecule has 1 saturated heterocycles. The van der Waals surface area contributed by atoms with Gasteiger partial charge in [0.25, 0.3) is 0 Å². The summed E-state index contributed by atoms with van der Waals surface area (Å²) in [7, 11) is 1.26. The molecule has 1 heterocycles. The minimum atomic E-state index is -1.27. The standard InChI is InChI=1S/C10H14N2O5/c1-3-17-6(13)4-5-7(8(11)14)10(16)12(2)9(5)15/h5,7H,3-4H2,1-2H3,(H2,11,14)/t5-,7+/m0/s1. The van der Waals surface area contributed by atoms with E-state index in [2.05, 4.69) is 4.74 Å². The molecule has 94 valence electrons. The smallest absolute Gasteiger partial charge is 0.306 e. The predicted molar refractivity (Wildman–Crippen MR) is 55.2 cm³/mol. The summed E-state index contributed by atoms with van der Waals surface area (Å²) in [5.41, 5.74) is 5.06. The van der Waals surface area contributed by atoms with Crippen LogP contribution in [0.1, 0.15) is 13.3 Å². The van der Waals surface area contributed by atoms with Gasteiger partial charge in [0.15, 0.2) is 0 Å². The van der Waals surface area contributed by atoms with Crippen molar-refractivity contribution in [2.75, 3.05) is 13.7 Å². The maximum atomic E-state index is 11.7. The number of nitrogens with zero attached hydrogens (tertiary/aromatic N) is 1. The third-order valence-electron chi connectivity index (χ3n) is 2.65. The summed E-state index contributed by atoms with van der Waals surface area (Å²) in [4.78, 5) is 46.4. The summed E-state index contributed by atoms with van der Waals surface area (Å²) >= 11 is 0. The second-order valence-electron chi connectivity index (χ2n) is 3.73. The molecule has 0 aromatic carbocycles. The molecule has 0 bridgehead atoms. The van der Waals surface area contributed by atoms with Crippen molar-refractivity contribution in [3.05, 3.63) is 0 Å². The van der Waals surface area contributed by atoms with Gasteiger partial charge in [-0.3, -0.25) is 24.1 Å². The molecular weight excluding hydrogens is 228 g/mol. The van der Waals surface area contributed by atoms with Gasteiger partial charge in [-0.15, -0.1) is 0 Å². The van der Waals surface area contributed by atoms with Gasteiger partial charge in [0.1, 0.15) is 5.92 Å². The molecule has 1 fully saturated rings. The highest BCUT2D eigenvalue weighted by Crippen LogP contribution is 2.28. The number of likely N-dealkylation sites (tertiary alicyclic amines) is 1. The largest absolute Gasteiger partial charge is 0.466 e. The Balaban J connectivity index is 2.87. The molecule has 7 nitrogen and oxygen atoms in total. The first-order chi connectivity index (χ1) is 7.90. The molecule has 17 heavy (non-hydrogen) atoms. The van der Waals surface area contributed by atoms with Crippen LogP contribution in [0.25, 0.3) is 0 Å². The first kappa shape index (κ1) is 13.1. The predicted octanol–water partition coefficient (Wildman–Crippen LogP) is -1.34. The fourth-order valence-electron chi connectivity index (χ4n) is 1.81. The Kier molecular flexibility index (Phi) is 3.82. The van der Waals surface area contributed by atoms with E-state index in [0.717, 1.165) is 4.90 Å². The molecule has 1 aliphatic heterocycles. The number of rotatable bonds is 4. The molecule has 0 aromatic heterocycles. The SMILES string of the molecule is CCOC(=O)C[C@@H]1C(=O)N(C)C(=O)[C@H]1C(N)=O. The van der Waals surface area contributed by atoms with Crippen LogP contribution in [-0.2, 0) is 23.9 Å². The van der Waals surface area contributed by atoms with Crippen LogP contribution in [0.2, 0.25) is 0 Å². The third kappa shape index (κ3) is 2.43. The number of ether oxygens (including phenoxy) is 1. The van der Waals surface area contributed by atoms with E-state index in [0.29, 0.717) is 0 Å². The van der Waals surface area contributed by atoms with Gasteiger partial charge in [-0.05, 0) is 6.92 Å². The molecule has 2 atom stereocenters. The van der Waals surface area contributed by atoms with E-state index in [1.807, 2.05) is 0 Å². The molecular formula is C10H14N2O5. The minimum absolute atomic E-state index is 0.171. The Bertz CT molecular complexity index is 379. The van der Waals surface area contributed by atoms with Crippen LogP contribution in [0.15, 0.2) is 0 Å². The number of carbonyl (C=O) groups excluding carboxylic acids is 4. The van der Waals surface area contributed by atoms with Gasteiger partial charge in [-0.1, -0.05) is 0 Å². The van der Waals surface area contributed by atoms with Crippen LogP contribution in [0, 0.1) is 11.8 Å². The average molecular weight is 242 g/mol. The first-order valence-corrected chi connectivity index (χ1v) is 5.16. The minimum Gasteiger partial charge on any atom is -0.466 e. The molecule has 1 rings (SSSR count). The second-order valence-corrected chi connectivity index (χ2v) is 3.73. The van der Waals surface area contributed by atoms with Crippen molar-refractivity contribution >= 4 is 23.7 Å². The van der Waals surface area contributed by atoms with E-state index in [1.54, 1.807) is 6.92 Å². The number of hydrogen-bond acceptors (Lipinski definition) is 5. The van der Waals surface area contributed by atoms with E-state index in [1.165, 1.54) is 7.05 Å². The molecule has 0 unspecified atom stereocenters. The Morgan fingerprint density at radius 3 is 2.41 bits per heavy atom. The number of esters is 1. The zero-order valence-electron chi connectivity index (χ0n) is 9.63. The maximum Gasteiger partial charge on any atom is 0.306 e. The van der Waals surface area contributed by atoms with E-state index in [4.69, 9.17) is 5.73 Å². The second kappa shape index (κ2) is 4.94. The lowest BCUT2D eigenvalue weighted by molar-refractivity contribution is -0.147. The number of primary amides is 1. The number of imide groups is 1. The summed E-state index contributed by atoms with van der Waals surface area (Å²) < 4.78 is 4.68. The van der Waals surface area contributed by atoms with Crippen molar-refractivity contribution < 1.29 is 23.9 Å². The summed E-state index contributed by atoms with van der Waals surface area (Å²) in [6.45, 7) is 1.79. The highest BCUT2D eigenvalue weighted by molar-refractivity contribution is 6.15. The lowest BCUT2D eigenvalue weighted by atomic mass is 9.91. The molecule has 7 heteroatoms. The van der Waals surface area contributed by atoms with Crippen molar-refractivity contribution in [1.29, 1.82) is 0 Å². The lowest BCUT2D eigenvalue weighted by Gasteiger charge is -2.10. The monoisotopic (exact) mass is 242 g/mol. The van der Waals surface area contributed by atoms with Gasteiger partial charge in [-0.2, -0.15) is 0 Å². The zero-order chi connectivity index (χ0) is 13.2. The Morgan fingerprint density at radius 1 is 1.35 bits per heavy atom. The van der Waals surface area contributed by atoms with Gasteiger partial charge in [0.2, 0.25) is 17.7 Å². The Morgan fingerprint density at radius 2 is 1.94 bits per heavy atom. The Labute approximate surface area is 97.9 Å². The number of amides is 3. The zero-order valence-corrected chi connectivity index (χ0v) is 9.63. The van der Waals surface area contributed by atoms with Crippen LogP contribution in [0.3, 0.4) is 0 Å². The normalized spacial score (nSPS) is 24.0. The van der Waals surface area contributed by atoms with Crippen LogP contribution in [0.4, 0.5) is 0 Å². The summed E-state index contributed by atoms with van der Waals surface area (Å²) in [6, 6.07) is 0. The van der Waals surface area contributed by atoms with Crippen LogP contribution >= 0.6 is 0 Å². The van der Waals surface area contributed by atoms with Gasteiger partial charge < -0.3 is 10.5 Å². The van der Waals surface area contributed by atoms with Crippen molar-refractivity contribution in [3.8, 4) is 0 Å². The van der Waals surface area contributed by atoms with E-state index < -0.39 is 35.5 Å². The van der Waals surface area contributed by atoms with Gasteiger partial charge in [0.05, 0.1) is 18.9 Å². The molecule has 0 saturated carbocycles. The fraction of sp³-hybridized carbons (Fsp3) is 0.600. The highest BCUT2D eigenvalue weighted by atomic mass is 16.5. The van der Waals surface area contributed by atoms with E-state index >= 15 is 0 Å². The lowest BCUT2D eigenvalue weighted by Crippen LogP contribution is -2.34. The average Bonchev–Trinajstić information content (AvgIpc) is 2.44. The molecule has 1 aliphatic rings. The topological polar surface area (TPSA) is 107 Å². The Hall–Kier alpha value is -1.92. The summed E-state index contributed by atoms with van der Waals surface area (Å²) in [6.07, 6.45) is -0.309. The third-order valence-corrected chi connectivity index (χ3v) is 2.65. The van der Waals surface area contributed by atoms with Gasteiger partial charge >= 0.3 is 5.97 Å². The van der Waals surface area contributed by atoms with Crippen molar-refractivity contribution in [1.82, 2.24) is 4.90 Å². The van der Waals surface area contributed by atoms with Crippen molar-refractivity contribution in [2.45, 2.75) is 13.3 Å². The quantitative estimate of drug-likeness (QED) is 0.373. The van der Waals surface area contributed by atoms with E-state index in [-0.39, 0.29) is 13.0 Å². The van der Waals surface area contributed by atoms with Crippen LogP contribution in [0.5, 0.6) is 0 Å². The number of hydrogen-bond donors (Lipinski definition) is 1. The van der Waals surface area contributed by atoms with Gasteiger partial charge in [-0.25, -0.2) is 0 Å². The van der Waals surface area contributed by atoms with E-state index in [9.17, 15) is 19.2 Å². The number of nitrogens with two attached hydrogens (primary N) is 1. The first-order valence-electron chi connectivity index (χ1n) is 5.16. The number of carbonyl (C=O) groups is 4. The molecule has 2 N–H and O–H groups in total. The fourth-order valence-corrected chi connectivity index (χ4v) is 1.81. The van der Waals surface area contributed by atoms with Gasteiger partial charge in [0, 0.05) is 7.05 Å². The van der Waals surface area contributed by atoms with Crippen molar-refractivity contribution in [2.24, 2.45) is 17.6 Å². The summed E-state index contributed by atoms with van der Waals surface area (Å²) in [5, 5.41) is 0. The van der Waals surface area contributed by atoms with Crippen LogP contribution in [-0.4, -0.2) is 42.2 Å². The molecule has 0 aromatic rings. The maximum absolute atomic E-state index is 11.7. The van der Waals surface area contributed by atoms with Crippen molar-refractivity contribution in [3.63, 3.8) is 0 Å². The molecule has 0 aliphatic carbocycles.